The van der Waals surface area contributed by atoms with Gasteiger partial charge in [0.15, 0.2) is 14.6 Å². The fourth-order valence-electron chi connectivity index (χ4n) is 5.88. The standard InChI is InChI=1S/C22H24NO5P/c1-12(24)3-8-18(25)27-16-6-5-14-15-11-13-4-7-17(29-26)20-19(13)22(14,21(16)28-20)9-10-23(15)2/h4-7,14-16,21H,3,8-11H2,1-2H3/t14-,15+,16?,21?,22-/m0/s1. The molecule has 6 nitrogen and oxygen atoms in total. The summed E-state index contributed by atoms with van der Waals surface area (Å²) in [5.74, 6) is 0.571. The zero-order chi connectivity index (χ0) is 20.3. The number of ether oxygens (including phenoxy) is 2. The van der Waals surface area contributed by atoms with Gasteiger partial charge < -0.3 is 19.2 Å². The Balaban J connectivity index is 1.57. The summed E-state index contributed by atoms with van der Waals surface area (Å²) in [6, 6.07) is 4.34. The first-order chi connectivity index (χ1) is 14.0. The van der Waals surface area contributed by atoms with E-state index in [-0.39, 0.29) is 50.5 Å². The van der Waals surface area contributed by atoms with E-state index < -0.39 is 6.10 Å². The Morgan fingerprint density at radius 1 is 1.31 bits per heavy atom. The number of benzene rings is 1. The molecule has 0 aromatic heterocycles. The minimum atomic E-state index is -0.510. The summed E-state index contributed by atoms with van der Waals surface area (Å²) in [7, 11) is 2.10. The van der Waals surface area contributed by atoms with Crippen LogP contribution in [0.5, 0.6) is 5.75 Å². The Hall–Kier alpha value is -2.04. The van der Waals surface area contributed by atoms with E-state index in [9.17, 15) is 14.2 Å². The third-order valence-corrected chi connectivity index (χ3v) is 7.73. The Bertz CT molecular complexity index is 943. The van der Waals surface area contributed by atoms with Crippen LogP contribution in [0.15, 0.2) is 24.3 Å². The van der Waals surface area contributed by atoms with Crippen molar-refractivity contribution in [2.24, 2.45) is 5.92 Å². The third-order valence-electron chi connectivity index (χ3n) is 7.18. The summed E-state index contributed by atoms with van der Waals surface area (Å²) in [5, 5.41) is 0.658. The van der Waals surface area contributed by atoms with Crippen molar-refractivity contribution in [3.63, 3.8) is 0 Å². The van der Waals surface area contributed by atoms with Crippen molar-refractivity contribution < 1.29 is 23.6 Å². The first-order valence-corrected chi connectivity index (χ1v) is 11.0. The van der Waals surface area contributed by atoms with Crippen LogP contribution >= 0.6 is 8.46 Å². The average Bonchev–Trinajstić information content (AvgIpc) is 3.05. The van der Waals surface area contributed by atoms with Crippen molar-refractivity contribution in [1.29, 1.82) is 0 Å². The first kappa shape index (κ1) is 19.0. The van der Waals surface area contributed by atoms with Gasteiger partial charge in [0.2, 0.25) is 0 Å². The van der Waals surface area contributed by atoms with Crippen molar-refractivity contribution in [3.8, 4) is 5.75 Å². The number of carbonyl (C=O) groups is 2. The van der Waals surface area contributed by atoms with E-state index in [1.807, 2.05) is 12.1 Å². The largest absolute Gasteiger partial charge is 0.484 e. The number of Topliss-reactive ketones (excluding diaryl/α,β-unsaturated/α-hetero) is 1. The molecule has 2 aliphatic carbocycles. The number of ketones is 1. The highest BCUT2D eigenvalue weighted by Crippen LogP contribution is 2.60. The number of hydrogen-bond acceptors (Lipinski definition) is 6. The smallest absolute Gasteiger partial charge is 0.306 e. The number of nitrogens with zero attached hydrogens (tertiary/aromatic N) is 1. The van der Waals surface area contributed by atoms with Crippen LogP contribution in [0.25, 0.3) is 0 Å². The maximum atomic E-state index is 12.4. The maximum absolute atomic E-state index is 12.4. The van der Waals surface area contributed by atoms with Crippen LogP contribution in [0, 0.1) is 5.92 Å². The molecule has 1 fully saturated rings. The van der Waals surface area contributed by atoms with Gasteiger partial charge >= 0.3 is 5.97 Å². The predicted octanol–water partition coefficient (Wildman–Crippen LogP) is 2.33. The van der Waals surface area contributed by atoms with Crippen molar-refractivity contribution in [2.75, 3.05) is 13.6 Å². The second-order valence-corrected chi connectivity index (χ2v) is 9.35. The van der Waals surface area contributed by atoms with E-state index in [0.29, 0.717) is 17.1 Å². The van der Waals surface area contributed by atoms with Crippen LogP contribution in [0.4, 0.5) is 0 Å². The van der Waals surface area contributed by atoms with E-state index in [1.54, 1.807) is 0 Å². The highest BCUT2D eigenvalue weighted by atomic mass is 31.1. The molecule has 2 heterocycles. The molecule has 7 heteroatoms. The van der Waals surface area contributed by atoms with Crippen LogP contribution in [-0.4, -0.2) is 48.5 Å². The fourth-order valence-corrected chi connectivity index (χ4v) is 6.26. The van der Waals surface area contributed by atoms with E-state index in [2.05, 4.69) is 24.1 Å². The van der Waals surface area contributed by atoms with Crippen molar-refractivity contribution >= 4 is 25.5 Å². The van der Waals surface area contributed by atoms with Gasteiger partial charge in [-0.2, -0.15) is 0 Å². The minimum absolute atomic E-state index is 0.0292. The van der Waals surface area contributed by atoms with Gasteiger partial charge in [-0.1, -0.05) is 12.1 Å². The first-order valence-electron chi connectivity index (χ1n) is 10.2. The van der Waals surface area contributed by atoms with Gasteiger partial charge in [-0.25, -0.2) is 0 Å². The molecule has 29 heavy (non-hydrogen) atoms. The molecular formula is C22H24NO5P. The van der Waals surface area contributed by atoms with Crippen LogP contribution in [0.1, 0.15) is 37.3 Å². The van der Waals surface area contributed by atoms with Gasteiger partial charge in [-0.15, -0.1) is 0 Å². The van der Waals surface area contributed by atoms with Crippen LogP contribution in [0.2, 0.25) is 0 Å². The number of likely N-dealkylation sites (N-methyl/N-ethyl adjacent to an activating group) is 1. The lowest BCUT2D eigenvalue weighted by Gasteiger charge is -2.56. The van der Waals surface area contributed by atoms with Gasteiger partial charge in [0.1, 0.15) is 17.6 Å². The van der Waals surface area contributed by atoms with Crippen LogP contribution < -0.4 is 10.0 Å². The lowest BCUT2D eigenvalue weighted by atomic mass is 9.53. The summed E-state index contributed by atoms with van der Waals surface area (Å²) in [6.07, 6.45) is 5.42. The van der Waals surface area contributed by atoms with E-state index in [1.165, 1.54) is 18.1 Å². The van der Waals surface area contributed by atoms with E-state index in [4.69, 9.17) is 9.47 Å². The lowest BCUT2D eigenvalue weighted by Crippen LogP contribution is -2.65. The second kappa shape index (κ2) is 6.75. The molecule has 5 atom stereocenters. The van der Waals surface area contributed by atoms with Crippen LogP contribution in [0.3, 0.4) is 0 Å². The number of piperidine rings is 1. The number of rotatable bonds is 5. The highest BCUT2D eigenvalue weighted by molar-refractivity contribution is 7.34. The Labute approximate surface area is 171 Å². The number of likely N-dealkylation sites (tertiary alicyclic amines) is 1. The molecule has 152 valence electrons. The number of carbonyl (C=O) groups excluding carboxylic acids is 2. The maximum Gasteiger partial charge on any atom is 0.306 e. The molecule has 5 rings (SSSR count). The van der Waals surface area contributed by atoms with Crippen molar-refractivity contribution in [3.05, 3.63) is 35.4 Å². The van der Waals surface area contributed by atoms with Gasteiger partial charge in [-0.05, 0) is 51.1 Å². The summed E-state index contributed by atoms with van der Waals surface area (Å²) >= 11 is 0. The molecular weight excluding hydrogens is 389 g/mol. The zero-order valence-corrected chi connectivity index (χ0v) is 17.5. The van der Waals surface area contributed by atoms with Gasteiger partial charge in [0.05, 0.1) is 11.7 Å². The Kier molecular flexibility index (Phi) is 4.41. The fraction of sp³-hybridized carbons (Fsp3) is 0.545. The molecule has 4 aliphatic rings. The topological polar surface area (TPSA) is 72.9 Å². The molecule has 1 spiro atoms. The third kappa shape index (κ3) is 2.65. The number of hydrogen-bond donors (Lipinski definition) is 0. The molecule has 0 N–H and O–H groups in total. The van der Waals surface area contributed by atoms with E-state index in [0.717, 1.165) is 19.4 Å². The summed E-state index contributed by atoms with van der Waals surface area (Å²) in [5.41, 5.74) is 2.16. The summed E-state index contributed by atoms with van der Waals surface area (Å²) in [6.45, 7) is 2.41. The molecule has 2 aliphatic heterocycles. The lowest BCUT2D eigenvalue weighted by molar-refractivity contribution is -0.155. The van der Waals surface area contributed by atoms with E-state index >= 15 is 0 Å². The molecule has 1 aromatic rings. The quantitative estimate of drug-likeness (QED) is 0.419. The summed E-state index contributed by atoms with van der Waals surface area (Å²) < 4.78 is 24.0. The molecule has 1 aromatic carbocycles. The van der Waals surface area contributed by atoms with Crippen molar-refractivity contribution in [2.45, 2.75) is 56.3 Å². The van der Waals surface area contributed by atoms with Gasteiger partial charge in [-0.3, -0.25) is 9.36 Å². The average molecular weight is 413 g/mol. The molecule has 0 radical (unpaired) electrons. The van der Waals surface area contributed by atoms with Crippen LogP contribution in [-0.2, 0) is 30.7 Å². The van der Waals surface area contributed by atoms with Gasteiger partial charge in [0.25, 0.3) is 0 Å². The molecule has 0 amide bonds. The molecule has 0 saturated carbocycles. The second-order valence-electron chi connectivity index (χ2n) is 8.69. The monoisotopic (exact) mass is 413 g/mol. The normalized spacial score (nSPS) is 33.9. The minimum Gasteiger partial charge on any atom is -0.484 e. The van der Waals surface area contributed by atoms with Crippen molar-refractivity contribution in [1.82, 2.24) is 4.90 Å². The number of esters is 1. The molecule has 1 saturated heterocycles. The zero-order valence-electron chi connectivity index (χ0n) is 16.6. The molecule has 2 bridgehead atoms. The Morgan fingerprint density at radius 2 is 2.14 bits per heavy atom. The highest BCUT2D eigenvalue weighted by Gasteiger charge is 2.64. The molecule has 2 unspecified atom stereocenters. The summed E-state index contributed by atoms with van der Waals surface area (Å²) in [4.78, 5) is 26.0. The predicted molar refractivity (Wildman–Crippen MR) is 107 cm³/mol. The Morgan fingerprint density at radius 3 is 2.90 bits per heavy atom. The van der Waals surface area contributed by atoms with Gasteiger partial charge in [0, 0.05) is 29.4 Å². The SMILES string of the molecule is CC(=O)CCC(=O)OC1C=C[C@H]2[C@H]3Cc4ccc(P=O)c5c4[C@@]2(CCN3C)C1O5.